The molecule has 0 unspecified atom stereocenters. The lowest BCUT2D eigenvalue weighted by atomic mass is 9.79. The van der Waals surface area contributed by atoms with Crippen LogP contribution >= 0.6 is 11.6 Å². The molecule has 3 nitrogen and oxygen atoms in total. The molecule has 84 valence electrons. The highest BCUT2D eigenvalue weighted by Crippen LogP contribution is 2.32. The Morgan fingerprint density at radius 2 is 1.82 bits per heavy atom. The van der Waals surface area contributed by atoms with Crippen LogP contribution in [0, 0.1) is 0 Å². The van der Waals surface area contributed by atoms with E-state index in [1.54, 1.807) is 30.3 Å². The van der Waals surface area contributed by atoms with Gasteiger partial charge in [-0.25, -0.2) is 0 Å². The zero-order chi connectivity index (χ0) is 12.0. The van der Waals surface area contributed by atoms with Crippen LogP contribution in [0.1, 0.15) is 0 Å². The molecule has 2 aromatic carbocycles. The highest BCUT2D eigenvalue weighted by Gasteiger charge is 2.19. The molecule has 3 rings (SSSR count). The molecule has 0 atom stereocenters. The third-order valence-corrected chi connectivity index (χ3v) is 3.10. The average Bonchev–Trinajstić information content (AvgIpc) is 2.67. The maximum Gasteiger partial charge on any atom is 0.492 e. The second-order valence-electron chi connectivity index (χ2n) is 3.81. The van der Waals surface area contributed by atoms with Crippen LogP contribution in [0.25, 0.3) is 21.9 Å². The van der Waals surface area contributed by atoms with Gasteiger partial charge in [0.1, 0.15) is 11.2 Å². The van der Waals surface area contributed by atoms with Crippen LogP contribution < -0.4 is 5.46 Å². The van der Waals surface area contributed by atoms with Crippen molar-refractivity contribution >= 4 is 46.1 Å². The average molecular weight is 246 g/mol. The molecular weight excluding hydrogens is 238 g/mol. The van der Waals surface area contributed by atoms with E-state index < -0.39 is 7.12 Å². The van der Waals surface area contributed by atoms with Crippen molar-refractivity contribution in [1.82, 2.24) is 0 Å². The van der Waals surface area contributed by atoms with E-state index in [9.17, 15) is 10.0 Å². The molecule has 0 aliphatic rings. The molecule has 1 heterocycles. The smallest absolute Gasteiger partial charge is 0.456 e. The Bertz CT molecular complexity index is 705. The first-order valence-electron chi connectivity index (χ1n) is 5.14. The quantitative estimate of drug-likeness (QED) is 0.645. The molecule has 0 spiro atoms. The minimum absolute atomic E-state index is 0.342. The second-order valence-corrected chi connectivity index (χ2v) is 4.22. The molecule has 2 N–H and O–H groups in total. The minimum Gasteiger partial charge on any atom is -0.456 e. The van der Waals surface area contributed by atoms with Crippen molar-refractivity contribution in [3.63, 3.8) is 0 Å². The minimum atomic E-state index is -1.56. The number of hydrogen-bond acceptors (Lipinski definition) is 3. The van der Waals surface area contributed by atoms with Gasteiger partial charge >= 0.3 is 7.12 Å². The van der Waals surface area contributed by atoms with Gasteiger partial charge in [-0.2, -0.15) is 0 Å². The molecule has 0 radical (unpaired) electrons. The molecule has 0 saturated heterocycles. The normalized spacial score (nSPS) is 11.2. The third kappa shape index (κ3) is 1.53. The van der Waals surface area contributed by atoms with Gasteiger partial charge in [-0.3, -0.25) is 0 Å². The first kappa shape index (κ1) is 10.7. The summed E-state index contributed by atoms with van der Waals surface area (Å²) in [5, 5.41) is 20.7. The molecule has 3 aromatic rings. The van der Waals surface area contributed by atoms with Crippen LogP contribution in [0.2, 0.25) is 5.02 Å². The van der Waals surface area contributed by atoms with Gasteiger partial charge in [0.2, 0.25) is 0 Å². The van der Waals surface area contributed by atoms with Crippen molar-refractivity contribution in [3.8, 4) is 0 Å². The Morgan fingerprint density at radius 3 is 2.59 bits per heavy atom. The van der Waals surface area contributed by atoms with Crippen molar-refractivity contribution < 1.29 is 14.5 Å². The summed E-state index contributed by atoms with van der Waals surface area (Å²) in [6, 6.07) is 10.6. The van der Waals surface area contributed by atoms with Crippen LogP contribution in [0.15, 0.2) is 40.8 Å². The number of furan rings is 1. The third-order valence-electron chi connectivity index (χ3n) is 2.78. The van der Waals surface area contributed by atoms with Gasteiger partial charge in [0.15, 0.2) is 0 Å². The number of para-hydroxylation sites is 1. The largest absolute Gasteiger partial charge is 0.492 e. The molecule has 0 saturated carbocycles. The van der Waals surface area contributed by atoms with Crippen LogP contribution in [-0.2, 0) is 0 Å². The van der Waals surface area contributed by atoms with Gasteiger partial charge < -0.3 is 14.5 Å². The van der Waals surface area contributed by atoms with E-state index in [0.717, 1.165) is 10.8 Å². The second kappa shape index (κ2) is 3.77. The van der Waals surface area contributed by atoms with Crippen LogP contribution in [0.5, 0.6) is 0 Å². The summed E-state index contributed by atoms with van der Waals surface area (Å²) in [6.45, 7) is 0. The Morgan fingerprint density at radius 1 is 1.06 bits per heavy atom. The SMILES string of the molecule is OB(O)c1cccc2c1oc1cccc(Cl)c12. The number of halogens is 1. The molecule has 0 aliphatic carbocycles. The highest BCUT2D eigenvalue weighted by molar-refractivity contribution is 6.62. The zero-order valence-corrected chi connectivity index (χ0v) is 9.48. The molecule has 0 aliphatic heterocycles. The Kier molecular flexibility index (Phi) is 2.36. The molecule has 0 bridgehead atoms. The summed E-state index contributed by atoms with van der Waals surface area (Å²) >= 11 is 6.12. The summed E-state index contributed by atoms with van der Waals surface area (Å²) < 4.78 is 5.62. The van der Waals surface area contributed by atoms with Gasteiger partial charge in [0.05, 0.1) is 5.02 Å². The summed E-state index contributed by atoms with van der Waals surface area (Å²) in [4.78, 5) is 0. The van der Waals surface area contributed by atoms with Crippen LogP contribution in [0.3, 0.4) is 0 Å². The summed E-state index contributed by atoms with van der Waals surface area (Å²) in [5.41, 5.74) is 1.45. The number of benzene rings is 2. The van der Waals surface area contributed by atoms with E-state index in [-0.39, 0.29) is 0 Å². The number of rotatable bonds is 1. The van der Waals surface area contributed by atoms with E-state index in [1.807, 2.05) is 6.07 Å². The van der Waals surface area contributed by atoms with Crippen LogP contribution in [0.4, 0.5) is 0 Å². The van der Waals surface area contributed by atoms with E-state index in [0.29, 0.717) is 21.7 Å². The van der Waals surface area contributed by atoms with Crippen molar-refractivity contribution in [2.45, 2.75) is 0 Å². The summed E-state index contributed by atoms with van der Waals surface area (Å²) in [6.07, 6.45) is 0. The standard InChI is InChI=1S/C12H8BClO3/c14-9-5-2-6-10-11(9)7-3-1-4-8(13(15)16)12(7)17-10/h1-6,15-16H. The maximum absolute atomic E-state index is 9.28. The van der Waals surface area contributed by atoms with E-state index in [2.05, 4.69) is 0 Å². The lowest BCUT2D eigenvalue weighted by Gasteiger charge is -1.99. The molecular formula is C12H8BClO3. The monoisotopic (exact) mass is 246 g/mol. The molecule has 0 amide bonds. The Hall–Kier alpha value is -1.49. The lowest BCUT2D eigenvalue weighted by Crippen LogP contribution is -2.29. The molecule has 1 aromatic heterocycles. The van der Waals surface area contributed by atoms with E-state index in [4.69, 9.17) is 16.0 Å². The predicted octanol–water partition coefficient (Wildman–Crippen LogP) is 1.92. The van der Waals surface area contributed by atoms with Crippen LogP contribution in [-0.4, -0.2) is 17.2 Å². The molecule has 0 fully saturated rings. The lowest BCUT2D eigenvalue weighted by molar-refractivity contribution is 0.425. The van der Waals surface area contributed by atoms with Gasteiger partial charge in [-0.05, 0) is 12.1 Å². The number of fused-ring (bicyclic) bond motifs is 3. The molecule has 5 heteroatoms. The predicted molar refractivity (Wildman–Crippen MR) is 68.6 cm³/mol. The summed E-state index contributed by atoms with van der Waals surface area (Å²) in [5.74, 6) is 0. The maximum atomic E-state index is 9.28. The van der Waals surface area contributed by atoms with Crippen molar-refractivity contribution in [2.24, 2.45) is 0 Å². The number of hydrogen-bond donors (Lipinski definition) is 2. The topological polar surface area (TPSA) is 53.6 Å². The highest BCUT2D eigenvalue weighted by atomic mass is 35.5. The fourth-order valence-electron chi connectivity index (χ4n) is 2.03. The van der Waals surface area contributed by atoms with Crippen molar-refractivity contribution in [1.29, 1.82) is 0 Å². The van der Waals surface area contributed by atoms with Gasteiger partial charge in [-0.15, -0.1) is 0 Å². The first-order valence-corrected chi connectivity index (χ1v) is 5.52. The van der Waals surface area contributed by atoms with E-state index >= 15 is 0 Å². The Labute approximate surface area is 102 Å². The fraction of sp³-hybridized carbons (Fsp3) is 0. The van der Waals surface area contributed by atoms with Crippen molar-refractivity contribution in [2.75, 3.05) is 0 Å². The van der Waals surface area contributed by atoms with E-state index in [1.165, 1.54) is 0 Å². The van der Waals surface area contributed by atoms with Crippen molar-refractivity contribution in [3.05, 3.63) is 41.4 Å². The Balaban J connectivity index is 2.52. The summed E-state index contributed by atoms with van der Waals surface area (Å²) in [7, 11) is -1.56. The first-order chi connectivity index (χ1) is 8.18. The molecule has 17 heavy (non-hydrogen) atoms. The van der Waals surface area contributed by atoms with Gasteiger partial charge in [0, 0.05) is 16.2 Å². The fourth-order valence-corrected chi connectivity index (χ4v) is 2.30. The van der Waals surface area contributed by atoms with Gasteiger partial charge in [-0.1, -0.05) is 35.9 Å². The zero-order valence-electron chi connectivity index (χ0n) is 8.72. The van der Waals surface area contributed by atoms with Gasteiger partial charge in [0.25, 0.3) is 0 Å².